The van der Waals surface area contributed by atoms with Gasteiger partial charge < -0.3 is 11.1 Å². The molecule has 1 rings (SSSR count). The van der Waals surface area contributed by atoms with Gasteiger partial charge in [0.2, 0.25) is 0 Å². The number of nitrogens with zero attached hydrogens (tertiary/aromatic N) is 2. The average molecular weight is 236 g/mol. The Bertz CT molecular complexity index is 328. The Balaban J connectivity index is 2.44. The van der Waals surface area contributed by atoms with E-state index in [1.165, 1.54) is 0 Å². The van der Waals surface area contributed by atoms with Gasteiger partial charge in [-0.25, -0.2) is 4.98 Å². The number of pyridine rings is 1. The number of aromatic nitrogens is 1. The summed E-state index contributed by atoms with van der Waals surface area (Å²) >= 11 is 0. The van der Waals surface area contributed by atoms with Gasteiger partial charge in [-0.15, -0.1) is 0 Å². The first kappa shape index (κ1) is 13.8. The quantitative estimate of drug-likeness (QED) is 0.795. The molecular weight excluding hydrogens is 212 g/mol. The van der Waals surface area contributed by atoms with Gasteiger partial charge in [-0.1, -0.05) is 0 Å². The third-order valence-corrected chi connectivity index (χ3v) is 2.85. The Labute approximate surface area is 104 Å². The summed E-state index contributed by atoms with van der Waals surface area (Å²) in [5, 5.41) is 3.32. The largest absolute Gasteiger partial charge is 0.382 e. The molecule has 1 heterocycles. The Morgan fingerprint density at radius 3 is 2.47 bits per heavy atom. The molecule has 1 aromatic rings. The van der Waals surface area contributed by atoms with Gasteiger partial charge in [0.1, 0.15) is 5.82 Å². The van der Waals surface area contributed by atoms with Crippen molar-refractivity contribution in [3.05, 3.63) is 18.3 Å². The van der Waals surface area contributed by atoms with E-state index < -0.39 is 0 Å². The van der Waals surface area contributed by atoms with Crippen LogP contribution in [0.3, 0.4) is 0 Å². The topological polar surface area (TPSA) is 54.2 Å². The van der Waals surface area contributed by atoms with Crippen LogP contribution in [0, 0.1) is 0 Å². The molecule has 0 aliphatic carbocycles. The molecule has 0 saturated carbocycles. The number of rotatable bonds is 6. The fraction of sp³-hybridized carbons (Fsp3) is 0.615. The summed E-state index contributed by atoms with van der Waals surface area (Å²) in [4.78, 5) is 6.49. The van der Waals surface area contributed by atoms with Crippen molar-refractivity contribution in [2.45, 2.75) is 39.8 Å². The lowest BCUT2D eigenvalue weighted by atomic mass is 10.2. The van der Waals surface area contributed by atoms with Crippen LogP contribution >= 0.6 is 0 Å². The van der Waals surface area contributed by atoms with Gasteiger partial charge in [-0.05, 0) is 39.8 Å². The third kappa shape index (κ3) is 4.23. The van der Waals surface area contributed by atoms with Crippen LogP contribution in [0.4, 0.5) is 11.5 Å². The van der Waals surface area contributed by atoms with Crippen molar-refractivity contribution < 1.29 is 0 Å². The van der Waals surface area contributed by atoms with Gasteiger partial charge in [0.25, 0.3) is 0 Å². The molecule has 4 nitrogen and oxygen atoms in total. The van der Waals surface area contributed by atoms with Crippen molar-refractivity contribution in [3.8, 4) is 0 Å². The van der Waals surface area contributed by atoms with E-state index in [0.717, 1.165) is 18.8 Å². The zero-order valence-electron chi connectivity index (χ0n) is 11.3. The van der Waals surface area contributed by atoms with E-state index in [2.05, 4.69) is 42.9 Å². The predicted molar refractivity (Wildman–Crippen MR) is 74.1 cm³/mol. The molecule has 0 aliphatic heterocycles. The van der Waals surface area contributed by atoms with Crippen LogP contribution in [0.25, 0.3) is 0 Å². The van der Waals surface area contributed by atoms with Crippen molar-refractivity contribution >= 4 is 11.5 Å². The Morgan fingerprint density at radius 2 is 1.94 bits per heavy atom. The van der Waals surface area contributed by atoms with Crippen molar-refractivity contribution in [1.29, 1.82) is 0 Å². The van der Waals surface area contributed by atoms with Gasteiger partial charge in [0.15, 0.2) is 0 Å². The molecule has 0 fully saturated rings. The highest BCUT2D eigenvalue weighted by Crippen LogP contribution is 2.13. The van der Waals surface area contributed by atoms with Crippen molar-refractivity contribution in [1.82, 2.24) is 9.88 Å². The van der Waals surface area contributed by atoms with Gasteiger partial charge in [0.05, 0.1) is 5.69 Å². The number of anilines is 2. The third-order valence-electron chi connectivity index (χ3n) is 2.85. The summed E-state index contributed by atoms with van der Waals surface area (Å²) < 4.78 is 0. The van der Waals surface area contributed by atoms with Crippen LogP contribution in [0.5, 0.6) is 0 Å². The second kappa shape index (κ2) is 6.45. The number of nitrogens with two attached hydrogens (primary N) is 1. The van der Waals surface area contributed by atoms with E-state index in [1.807, 2.05) is 12.1 Å². The maximum absolute atomic E-state index is 5.77. The minimum absolute atomic E-state index is 0.558. The molecule has 0 amide bonds. The second-order valence-electron chi connectivity index (χ2n) is 4.79. The average Bonchev–Trinajstić information content (AvgIpc) is 2.25. The van der Waals surface area contributed by atoms with E-state index in [-0.39, 0.29) is 0 Å². The summed E-state index contributed by atoms with van der Waals surface area (Å²) in [7, 11) is 0. The highest BCUT2D eigenvalue weighted by Gasteiger charge is 2.12. The van der Waals surface area contributed by atoms with Crippen LogP contribution in [-0.4, -0.2) is 35.1 Å². The summed E-state index contributed by atoms with van der Waals surface area (Å²) in [6.07, 6.45) is 1.70. The smallest absolute Gasteiger partial charge is 0.146 e. The Kier molecular flexibility index (Phi) is 5.22. The minimum Gasteiger partial charge on any atom is -0.382 e. The lowest BCUT2D eigenvalue weighted by Gasteiger charge is -2.30. The van der Waals surface area contributed by atoms with Crippen molar-refractivity contribution in [2.75, 3.05) is 24.1 Å². The molecule has 1 aromatic heterocycles. The van der Waals surface area contributed by atoms with Crippen LogP contribution in [-0.2, 0) is 0 Å². The molecule has 4 heteroatoms. The fourth-order valence-electron chi connectivity index (χ4n) is 2.00. The summed E-state index contributed by atoms with van der Waals surface area (Å²) in [5.41, 5.74) is 6.69. The number of hydrogen-bond donors (Lipinski definition) is 2. The molecule has 0 unspecified atom stereocenters. The Morgan fingerprint density at radius 1 is 1.29 bits per heavy atom. The summed E-state index contributed by atoms with van der Waals surface area (Å²) in [6.45, 7) is 10.8. The Hall–Kier alpha value is -1.29. The predicted octanol–water partition coefficient (Wildman–Crippen LogP) is 2.19. The van der Waals surface area contributed by atoms with Gasteiger partial charge in [-0.3, -0.25) is 4.90 Å². The van der Waals surface area contributed by atoms with Gasteiger partial charge in [0, 0.05) is 31.4 Å². The van der Waals surface area contributed by atoms with E-state index in [0.29, 0.717) is 17.9 Å². The highest BCUT2D eigenvalue weighted by atomic mass is 15.2. The highest BCUT2D eigenvalue weighted by molar-refractivity contribution is 5.60. The maximum Gasteiger partial charge on any atom is 0.146 e. The fourth-order valence-corrected chi connectivity index (χ4v) is 2.00. The molecule has 0 spiro atoms. The van der Waals surface area contributed by atoms with E-state index in [1.54, 1.807) is 6.20 Å². The molecule has 0 atom stereocenters. The molecule has 0 saturated heterocycles. The molecule has 0 aromatic carbocycles. The number of nitrogens with one attached hydrogen (secondary N) is 1. The molecule has 0 bridgehead atoms. The van der Waals surface area contributed by atoms with E-state index in [9.17, 15) is 0 Å². The molecule has 3 N–H and O–H groups in total. The second-order valence-corrected chi connectivity index (χ2v) is 4.79. The summed E-state index contributed by atoms with van der Waals surface area (Å²) in [5.74, 6) is 0.563. The van der Waals surface area contributed by atoms with E-state index >= 15 is 0 Å². The van der Waals surface area contributed by atoms with Crippen molar-refractivity contribution in [2.24, 2.45) is 0 Å². The maximum atomic E-state index is 5.77. The number of nitrogen functional groups attached to an aromatic ring is 1. The first-order valence-corrected chi connectivity index (χ1v) is 6.22. The monoisotopic (exact) mass is 236 g/mol. The lowest BCUT2D eigenvalue weighted by molar-refractivity contribution is 0.182. The summed E-state index contributed by atoms with van der Waals surface area (Å²) in [6, 6.07) is 4.96. The minimum atomic E-state index is 0.558. The lowest BCUT2D eigenvalue weighted by Crippen LogP contribution is -2.40. The van der Waals surface area contributed by atoms with Gasteiger partial charge in [-0.2, -0.15) is 0 Å². The number of hydrogen-bond acceptors (Lipinski definition) is 4. The van der Waals surface area contributed by atoms with Gasteiger partial charge >= 0.3 is 0 Å². The van der Waals surface area contributed by atoms with Crippen molar-refractivity contribution in [3.63, 3.8) is 0 Å². The molecule has 96 valence electrons. The van der Waals surface area contributed by atoms with Crippen LogP contribution in [0.2, 0.25) is 0 Å². The normalized spacial score (nSPS) is 11.5. The first-order valence-electron chi connectivity index (χ1n) is 6.22. The molecule has 17 heavy (non-hydrogen) atoms. The molecule has 0 radical (unpaired) electrons. The zero-order valence-corrected chi connectivity index (χ0v) is 11.3. The molecule has 0 aliphatic rings. The first-order chi connectivity index (χ1) is 8.02. The SMILES string of the molecule is CC(C)N(CCNc1cccnc1N)C(C)C. The molecular formula is C13H24N4. The standard InChI is InChI=1S/C13H24N4/c1-10(2)17(11(3)4)9-8-15-12-6-5-7-16-13(12)14/h5-7,10-11,15H,8-9H2,1-4H3,(H2,14,16). The zero-order chi connectivity index (χ0) is 12.8. The van der Waals surface area contributed by atoms with E-state index in [4.69, 9.17) is 5.73 Å². The van der Waals surface area contributed by atoms with Crippen LogP contribution in [0.15, 0.2) is 18.3 Å². The van der Waals surface area contributed by atoms with Crippen LogP contribution < -0.4 is 11.1 Å². The van der Waals surface area contributed by atoms with Crippen LogP contribution in [0.1, 0.15) is 27.7 Å².